The molecule has 178 valence electrons. The normalized spacial score (nSPS) is 12.1. The molecule has 0 aromatic heterocycles. The molecule has 4 rings (SSSR count). The number of rotatable bonds is 7. The average Bonchev–Trinajstić information content (AvgIpc) is 2.83. The highest BCUT2D eigenvalue weighted by Gasteiger charge is 2.21. The van der Waals surface area contributed by atoms with Crippen LogP contribution in [-0.2, 0) is 10.0 Å². The molecule has 5 nitrogen and oxygen atoms in total. The van der Waals surface area contributed by atoms with Gasteiger partial charge in [-0.2, -0.15) is 0 Å². The van der Waals surface area contributed by atoms with Crippen LogP contribution in [0.2, 0.25) is 5.02 Å². The number of carbonyl (C=O) groups is 1. The van der Waals surface area contributed by atoms with E-state index in [0.29, 0.717) is 0 Å². The summed E-state index contributed by atoms with van der Waals surface area (Å²) in [6.07, 6.45) is 0. The van der Waals surface area contributed by atoms with Crippen molar-refractivity contribution in [3.8, 4) is 0 Å². The van der Waals surface area contributed by atoms with Crippen molar-refractivity contribution in [1.29, 1.82) is 0 Å². The van der Waals surface area contributed by atoms with Crippen LogP contribution >= 0.6 is 11.6 Å². The number of sulfonamides is 1. The molecule has 1 atom stereocenters. The van der Waals surface area contributed by atoms with Gasteiger partial charge < -0.3 is 5.32 Å². The van der Waals surface area contributed by atoms with Gasteiger partial charge in [0.05, 0.1) is 27.2 Å². The van der Waals surface area contributed by atoms with E-state index in [1.165, 1.54) is 30.3 Å². The average molecular weight is 505 g/mol. The third-order valence-electron chi connectivity index (χ3n) is 5.71. The zero-order valence-electron chi connectivity index (χ0n) is 19.3. The Kier molecular flexibility index (Phi) is 7.24. The maximum absolute atomic E-state index is 13.2. The standard InChI is InChI=1S/C28H25ClN2O3S/c1-19-12-15-23(16-13-19)35(33,34)31-22-14-17-25(26(29)18-22)28(32)30-27(21-9-4-3-5-10-21)24-11-7-6-8-20(24)2/h3-18,27,31H,1-2H3,(H,30,32). The van der Waals surface area contributed by atoms with Gasteiger partial charge in [-0.25, -0.2) is 8.42 Å². The number of carbonyl (C=O) groups excluding carboxylic acids is 1. The van der Waals surface area contributed by atoms with E-state index in [9.17, 15) is 13.2 Å². The summed E-state index contributed by atoms with van der Waals surface area (Å²) in [4.78, 5) is 13.4. The van der Waals surface area contributed by atoms with E-state index in [1.54, 1.807) is 12.1 Å². The van der Waals surface area contributed by atoms with E-state index in [-0.39, 0.29) is 33.1 Å². The fourth-order valence-corrected chi connectivity index (χ4v) is 5.12. The number of nitrogens with one attached hydrogen (secondary N) is 2. The van der Waals surface area contributed by atoms with Crippen LogP contribution in [0.15, 0.2) is 102 Å². The van der Waals surface area contributed by atoms with Crippen molar-refractivity contribution >= 4 is 33.2 Å². The van der Waals surface area contributed by atoms with E-state index >= 15 is 0 Å². The van der Waals surface area contributed by atoms with Gasteiger partial charge in [-0.1, -0.05) is 83.9 Å². The molecule has 0 saturated heterocycles. The molecule has 2 N–H and O–H groups in total. The van der Waals surface area contributed by atoms with Gasteiger partial charge >= 0.3 is 0 Å². The van der Waals surface area contributed by atoms with E-state index in [4.69, 9.17) is 11.6 Å². The van der Waals surface area contributed by atoms with Crippen LogP contribution < -0.4 is 10.0 Å². The van der Waals surface area contributed by atoms with Crippen molar-refractivity contribution in [2.24, 2.45) is 0 Å². The topological polar surface area (TPSA) is 75.3 Å². The fourth-order valence-electron chi connectivity index (χ4n) is 3.80. The summed E-state index contributed by atoms with van der Waals surface area (Å²) in [7, 11) is -3.78. The second kappa shape index (κ2) is 10.3. The van der Waals surface area contributed by atoms with Crippen LogP contribution in [0.5, 0.6) is 0 Å². The zero-order chi connectivity index (χ0) is 25.0. The molecule has 0 radical (unpaired) electrons. The Labute approximate surface area is 210 Å². The molecule has 0 aliphatic carbocycles. The predicted molar refractivity (Wildman–Crippen MR) is 140 cm³/mol. The summed E-state index contributed by atoms with van der Waals surface area (Å²) in [5.74, 6) is -0.361. The first-order valence-electron chi connectivity index (χ1n) is 11.0. The van der Waals surface area contributed by atoms with Crippen molar-refractivity contribution in [3.63, 3.8) is 0 Å². The maximum Gasteiger partial charge on any atom is 0.261 e. The summed E-state index contributed by atoms with van der Waals surface area (Å²) in [6, 6.07) is 28.2. The molecular weight excluding hydrogens is 480 g/mol. The van der Waals surface area contributed by atoms with Crippen molar-refractivity contribution in [2.45, 2.75) is 24.8 Å². The molecule has 0 aliphatic rings. The number of benzene rings is 4. The third-order valence-corrected chi connectivity index (χ3v) is 7.41. The van der Waals surface area contributed by atoms with Crippen LogP contribution in [0, 0.1) is 13.8 Å². The lowest BCUT2D eigenvalue weighted by molar-refractivity contribution is 0.0943. The first-order chi connectivity index (χ1) is 16.7. The molecule has 0 heterocycles. The molecule has 0 fully saturated rings. The lowest BCUT2D eigenvalue weighted by Gasteiger charge is -2.22. The highest BCUT2D eigenvalue weighted by atomic mass is 35.5. The van der Waals surface area contributed by atoms with Crippen molar-refractivity contribution in [3.05, 3.63) is 130 Å². The second-order valence-electron chi connectivity index (χ2n) is 8.29. The number of halogens is 1. The molecule has 4 aromatic carbocycles. The lowest BCUT2D eigenvalue weighted by Crippen LogP contribution is -2.30. The summed E-state index contributed by atoms with van der Waals surface area (Å²) in [5.41, 5.74) is 4.44. The number of aryl methyl sites for hydroxylation is 2. The van der Waals surface area contributed by atoms with Crippen LogP contribution in [0.25, 0.3) is 0 Å². The van der Waals surface area contributed by atoms with E-state index in [1.807, 2.05) is 68.4 Å². The molecular formula is C28H25ClN2O3S. The lowest BCUT2D eigenvalue weighted by atomic mass is 9.94. The Hall–Kier alpha value is -3.61. The summed E-state index contributed by atoms with van der Waals surface area (Å²) >= 11 is 6.43. The van der Waals surface area contributed by atoms with Gasteiger partial charge in [0.1, 0.15) is 0 Å². The molecule has 0 aliphatic heterocycles. The van der Waals surface area contributed by atoms with Crippen molar-refractivity contribution < 1.29 is 13.2 Å². The van der Waals surface area contributed by atoms with Gasteiger partial charge in [-0.3, -0.25) is 9.52 Å². The molecule has 35 heavy (non-hydrogen) atoms. The highest BCUT2D eigenvalue weighted by Crippen LogP contribution is 2.28. The fraction of sp³-hybridized carbons (Fsp3) is 0.107. The largest absolute Gasteiger partial charge is 0.341 e. The highest BCUT2D eigenvalue weighted by molar-refractivity contribution is 7.92. The molecule has 1 amide bonds. The molecule has 0 spiro atoms. The Morgan fingerprint density at radius 1 is 0.829 bits per heavy atom. The van der Waals surface area contributed by atoms with Gasteiger partial charge in [0, 0.05) is 0 Å². The minimum atomic E-state index is -3.78. The van der Waals surface area contributed by atoms with E-state index < -0.39 is 10.0 Å². The van der Waals surface area contributed by atoms with E-state index in [0.717, 1.165) is 22.3 Å². The Morgan fingerprint density at radius 2 is 1.49 bits per heavy atom. The number of anilines is 1. The van der Waals surface area contributed by atoms with Crippen LogP contribution in [0.4, 0.5) is 5.69 Å². The van der Waals surface area contributed by atoms with Gasteiger partial charge in [-0.05, 0) is 60.9 Å². The van der Waals surface area contributed by atoms with Crippen LogP contribution in [0.3, 0.4) is 0 Å². The second-order valence-corrected chi connectivity index (χ2v) is 10.4. The smallest absolute Gasteiger partial charge is 0.261 e. The maximum atomic E-state index is 13.2. The van der Waals surface area contributed by atoms with Crippen molar-refractivity contribution in [1.82, 2.24) is 5.32 Å². The van der Waals surface area contributed by atoms with Crippen LogP contribution in [0.1, 0.15) is 38.7 Å². The molecule has 0 bridgehead atoms. The summed E-state index contributed by atoms with van der Waals surface area (Å²) in [5, 5.41) is 3.23. The Bertz CT molecular complexity index is 1450. The monoisotopic (exact) mass is 504 g/mol. The van der Waals surface area contributed by atoms with Crippen LogP contribution in [-0.4, -0.2) is 14.3 Å². The Morgan fingerprint density at radius 3 is 2.14 bits per heavy atom. The number of hydrogen-bond donors (Lipinski definition) is 2. The summed E-state index contributed by atoms with van der Waals surface area (Å²) in [6.45, 7) is 3.88. The van der Waals surface area contributed by atoms with E-state index in [2.05, 4.69) is 10.0 Å². The third kappa shape index (κ3) is 5.73. The van der Waals surface area contributed by atoms with Gasteiger partial charge in [0.2, 0.25) is 0 Å². The Balaban J connectivity index is 1.58. The minimum Gasteiger partial charge on any atom is -0.341 e. The SMILES string of the molecule is Cc1ccc(S(=O)(=O)Nc2ccc(C(=O)NC(c3ccccc3)c3ccccc3C)c(Cl)c2)cc1. The quantitative estimate of drug-likeness (QED) is 0.311. The van der Waals surface area contributed by atoms with Crippen molar-refractivity contribution in [2.75, 3.05) is 4.72 Å². The minimum absolute atomic E-state index is 0.142. The summed E-state index contributed by atoms with van der Waals surface area (Å²) < 4.78 is 27.9. The van der Waals surface area contributed by atoms with Gasteiger partial charge in [-0.15, -0.1) is 0 Å². The number of amides is 1. The molecule has 1 unspecified atom stereocenters. The predicted octanol–water partition coefficient (Wildman–Crippen LogP) is 6.28. The van der Waals surface area contributed by atoms with Gasteiger partial charge in [0.15, 0.2) is 0 Å². The molecule has 7 heteroatoms. The number of hydrogen-bond acceptors (Lipinski definition) is 3. The molecule has 0 saturated carbocycles. The first kappa shape index (κ1) is 24.5. The van der Waals surface area contributed by atoms with Gasteiger partial charge in [0.25, 0.3) is 15.9 Å². The first-order valence-corrected chi connectivity index (χ1v) is 12.9. The molecule has 4 aromatic rings. The zero-order valence-corrected chi connectivity index (χ0v) is 20.9.